The van der Waals surface area contributed by atoms with Crippen LogP contribution in [0.2, 0.25) is 18.5 Å². The van der Waals surface area contributed by atoms with Gasteiger partial charge in [0.2, 0.25) is 0 Å². The van der Waals surface area contributed by atoms with E-state index in [0.717, 1.165) is 12.6 Å². The molecule has 0 nitrogen and oxygen atoms in total. The quantitative estimate of drug-likeness (QED) is 0.464. The Morgan fingerprint density at radius 2 is 2.29 bits per heavy atom. The van der Waals surface area contributed by atoms with E-state index in [1.54, 1.807) is 0 Å². The Bertz CT molecular complexity index is 37.1. The van der Waals surface area contributed by atoms with Crippen LogP contribution in [-0.2, 0) is 0 Å². The molecule has 1 atom stereocenters. The van der Waals surface area contributed by atoms with Gasteiger partial charge in [-0.15, -0.1) is 0 Å². The van der Waals surface area contributed by atoms with Crippen molar-refractivity contribution in [1.82, 2.24) is 0 Å². The van der Waals surface area contributed by atoms with E-state index in [4.69, 9.17) is 7.85 Å². The molecule has 0 heterocycles. The highest BCUT2D eigenvalue weighted by Crippen LogP contribution is 2.05. The molecule has 0 aromatic rings. The molecule has 1 unspecified atom stereocenters. The van der Waals surface area contributed by atoms with Crippen molar-refractivity contribution in [1.29, 1.82) is 0 Å². The zero-order chi connectivity index (χ0) is 5.70. The number of hydrogen-bond acceptors (Lipinski definition) is 0. The Labute approximate surface area is 48.3 Å². The standard InChI is InChI=1S/C5H11B2/c1-3-7-5(2)4-6/h5H,3-4H2,1-2H3. The maximum Gasteiger partial charge on any atom is 0.111 e. The molecule has 0 aromatic heterocycles. The summed E-state index contributed by atoms with van der Waals surface area (Å²) in [6.07, 6.45) is 1.92. The summed E-state index contributed by atoms with van der Waals surface area (Å²) >= 11 is 0. The van der Waals surface area contributed by atoms with Gasteiger partial charge in [-0.05, 0) is 0 Å². The van der Waals surface area contributed by atoms with Gasteiger partial charge in [-0.1, -0.05) is 32.3 Å². The topological polar surface area (TPSA) is 0 Å². The van der Waals surface area contributed by atoms with Gasteiger partial charge < -0.3 is 0 Å². The first kappa shape index (κ1) is 7.13. The molecule has 0 saturated carbocycles. The molecule has 0 N–H and O–H groups in total. The molecule has 3 radical (unpaired) electrons. The molecule has 0 fully saturated rings. The molecule has 0 amide bonds. The van der Waals surface area contributed by atoms with Gasteiger partial charge in [-0.3, -0.25) is 0 Å². The van der Waals surface area contributed by atoms with E-state index in [2.05, 4.69) is 21.1 Å². The Hall–Kier alpha value is 0.130. The third kappa shape index (κ3) is 3.97. The molecular formula is C5H11B2. The first-order valence-electron chi connectivity index (χ1n) is 2.84. The summed E-state index contributed by atoms with van der Waals surface area (Å²) in [6, 6.07) is 0. The summed E-state index contributed by atoms with van der Waals surface area (Å²) in [6.45, 7) is 4.26. The van der Waals surface area contributed by atoms with Crippen LogP contribution in [0, 0.1) is 0 Å². The van der Waals surface area contributed by atoms with E-state index >= 15 is 0 Å². The maximum absolute atomic E-state index is 5.33. The lowest BCUT2D eigenvalue weighted by atomic mass is 9.59. The first-order chi connectivity index (χ1) is 3.31. The highest BCUT2D eigenvalue weighted by molar-refractivity contribution is 6.39. The Kier molecular flexibility index (Phi) is 4.37. The van der Waals surface area contributed by atoms with Crippen LogP contribution in [0.5, 0.6) is 0 Å². The molecule has 0 aliphatic heterocycles. The van der Waals surface area contributed by atoms with E-state index in [-0.39, 0.29) is 0 Å². The molecular weight excluding hydrogens is 81.7 g/mol. The van der Waals surface area contributed by atoms with E-state index in [1.165, 1.54) is 0 Å². The van der Waals surface area contributed by atoms with Crippen molar-refractivity contribution in [3.8, 4) is 0 Å². The molecule has 2 heteroatoms. The van der Waals surface area contributed by atoms with Gasteiger partial charge >= 0.3 is 0 Å². The second-order valence-corrected chi connectivity index (χ2v) is 1.86. The van der Waals surface area contributed by atoms with Crippen LogP contribution < -0.4 is 0 Å². The summed E-state index contributed by atoms with van der Waals surface area (Å²) < 4.78 is 0. The lowest BCUT2D eigenvalue weighted by Crippen LogP contribution is -1.95. The maximum atomic E-state index is 5.33. The predicted molar refractivity (Wildman–Crippen MR) is 36.2 cm³/mol. The van der Waals surface area contributed by atoms with Crippen LogP contribution in [0.25, 0.3) is 0 Å². The normalized spacial score (nSPS) is 13.4. The van der Waals surface area contributed by atoms with Crippen LogP contribution in [-0.4, -0.2) is 15.1 Å². The van der Waals surface area contributed by atoms with Crippen molar-refractivity contribution in [2.24, 2.45) is 0 Å². The van der Waals surface area contributed by atoms with Crippen molar-refractivity contribution >= 4 is 15.1 Å². The highest BCUT2D eigenvalue weighted by atomic mass is 13.8. The summed E-state index contributed by atoms with van der Waals surface area (Å²) in [4.78, 5) is 0. The van der Waals surface area contributed by atoms with Crippen molar-refractivity contribution in [2.45, 2.75) is 32.3 Å². The second-order valence-electron chi connectivity index (χ2n) is 1.86. The smallest absolute Gasteiger partial charge is 0.0931 e. The zero-order valence-corrected chi connectivity index (χ0v) is 5.15. The summed E-state index contributed by atoms with van der Waals surface area (Å²) in [7, 11) is 7.55. The van der Waals surface area contributed by atoms with Gasteiger partial charge in [0.1, 0.15) is 7.28 Å². The van der Waals surface area contributed by atoms with Crippen molar-refractivity contribution in [3.63, 3.8) is 0 Å². The van der Waals surface area contributed by atoms with Crippen LogP contribution in [0.15, 0.2) is 0 Å². The SMILES string of the molecule is [B]CC(C)[B]CC. The monoisotopic (exact) mass is 93.1 g/mol. The predicted octanol–water partition coefficient (Wildman–Crippen LogP) is 1.52. The van der Waals surface area contributed by atoms with E-state index < -0.39 is 0 Å². The Morgan fingerprint density at radius 3 is 2.43 bits per heavy atom. The lowest BCUT2D eigenvalue weighted by molar-refractivity contribution is 1.04. The molecule has 0 rings (SSSR count). The van der Waals surface area contributed by atoms with Gasteiger partial charge in [0.25, 0.3) is 0 Å². The van der Waals surface area contributed by atoms with Gasteiger partial charge in [0, 0.05) is 0 Å². The minimum atomic E-state index is 0.602. The van der Waals surface area contributed by atoms with Crippen molar-refractivity contribution in [3.05, 3.63) is 0 Å². The summed E-state index contributed by atoms with van der Waals surface area (Å²) in [5, 5.41) is 0. The van der Waals surface area contributed by atoms with Crippen molar-refractivity contribution in [2.75, 3.05) is 0 Å². The molecule has 0 aliphatic rings. The minimum Gasteiger partial charge on any atom is -0.0931 e. The Morgan fingerprint density at radius 1 is 1.71 bits per heavy atom. The fraction of sp³-hybridized carbons (Fsp3) is 1.00. The molecule has 7 heavy (non-hydrogen) atoms. The zero-order valence-electron chi connectivity index (χ0n) is 5.15. The summed E-state index contributed by atoms with van der Waals surface area (Å²) in [5.74, 6) is 0.602. The number of rotatable bonds is 3. The Balaban J connectivity index is 2.83. The largest absolute Gasteiger partial charge is 0.111 e. The van der Waals surface area contributed by atoms with E-state index in [0.29, 0.717) is 5.82 Å². The third-order valence-corrected chi connectivity index (χ3v) is 1.01. The highest BCUT2D eigenvalue weighted by Gasteiger charge is 1.94. The molecule has 0 bridgehead atoms. The molecule has 0 saturated heterocycles. The number of hydrogen-bond donors (Lipinski definition) is 0. The van der Waals surface area contributed by atoms with Crippen LogP contribution in [0.1, 0.15) is 13.8 Å². The van der Waals surface area contributed by atoms with E-state index in [1.807, 2.05) is 0 Å². The van der Waals surface area contributed by atoms with Gasteiger partial charge in [0.05, 0.1) is 7.85 Å². The fourth-order valence-corrected chi connectivity index (χ4v) is 0.499. The lowest BCUT2D eigenvalue weighted by Gasteiger charge is -2.01. The molecule has 0 aliphatic carbocycles. The van der Waals surface area contributed by atoms with Crippen LogP contribution in [0.4, 0.5) is 0 Å². The van der Waals surface area contributed by atoms with Gasteiger partial charge in [-0.2, -0.15) is 0 Å². The first-order valence-corrected chi connectivity index (χ1v) is 2.84. The molecule has 37 valence electrons. The van der Waals surface area contributed by atoms with Crippen LogP contribution >= 0.6 is 0 Å². The molecule has 0 aromatic carbocycles. The fourth-order valence-electron chi connectivity index (χ4n) is 0.499. The van der Waals surface area contributed by atoms with Crippen LogP contribution in [0.3, 0.4) is 0 Å². The van der Waals surface area contributed by atoms with Gasteiger partial charge in [-0.25, -0.2) is 0 Å². The third-order valence-electron chi connectivity index (χ3n) is 1.01. The molecule has 0 spiro atoms. The van der Waals surface area contributed by atoms with Gasteiger partial charge in [0.15, 0.2) is 0 Å². The second kappa shape index (κ2) is 4.29. The minimum absolute atomic E-state index is 0.602. The summed E-state index contributed by atoms with van der Waals surface area (Å²) in [5.41, 5.74) is 0. The average molecular weight is 92.8 g/mol. The van der Waals surface area contributed by atoms with Crippen molar-refractivity contribution < 1.29 is 0 Å². The average Bonchev–Trinajstić information content (AvgIpc) is 1.68. The van der Waals surface area contributed by atoms with E-state index in [9.17, 15) is 0 Å².